The zero-order valence-corrected chi connectivity index (χ0v) is 9.54. The number of nitrogens with two attached hydrogens (primary N) is 1. The SMILES string of the molecule is C=CC(=O)Nc1ccc(S(N)(=O)=O)cc1C. The van der Waals surface area contributed by atoms with Gasteiger partial charge in [0.1, 0.15) is 0 Å². The Morgan fingerprint density at radius 3 is 2.56 bits per heavy atom. The quantitative estimate of drug-likeness (QED) is 0.764. The average molecular weight is 240 g/mol. The number of primary sulfonamides is 1. The van der Waals surface area contributed by atoms with Gasteiger partial charge in [0.15, 0.2) is 0 Å². The van der Waals surface area contributed by atoms with E-state index in [0.29, 0.717) is 11.3 Å². The molecule has 1 amide bonds. The van der Waals surface area contributed by atoms with E-state index >= 15 is 0 Å². The summed E-state index contributed by atoms with van der Waals surface area (Å²) < 4.78 is 22.1. The van der Waals surface area contributed by atoms with Gasteiger partial charge in [0.05, 0.1) is 4.90 Å². The smallest absolute Gasteiger partial charge is 0.247 e. The van der Waals surface area contributed by atoms with Gasteiger partial charge in [-0.05, 0) is 36.8 Å². The summed E-state index contributed by atoms with van der Waals surface area (Å²) in [6.07, 6.45) is 1.13. The molecule has 0 spiro atoms. The molecule has 0 bridgehead atoms. The lowest BCUT2D eigenvalue weighted by Crippen LogP contribution is -2.13. The summed E-state index contributed by atoms with van der Waals surface area (Å²) in [6.45, 7) is 4.99. The van der Waals surface area contributed by atoms with Crippen LogP contribution in [0.25, 0.3) is 0 Å². The lowest BCUT2D eigenvalue weighted by molar-refractivity contribution is -0.111. The maximum absolute atomic E-state index is 11.0. The minimum Gasteiger partial charge on any atom is -0.322 e. The summed E-state index contributed by atoms with van der Waals surface area (Å²) >= 11 is 0. The van der Waals surface area contributed by atoms with E-state index in [1.807, 2.05) is 0 Å². The van der Waals surface area contributed by atoms with Crippen molar-refractivity contribution >= 4 is 21.6 Å². The number of carbonyl (C=O) groups is 1. The van der Waals surface area contributed by atoms with Crippen molar-refractivity contribution in [1.29, 1.82) is 0 Å². The summed E-state index contributed by atoms with van der Waals surface area (Å²) in [5.41, 5.74) is 1.14. The summed E-state index contributed by atoms with van der Waals surface area (Å²) in [7, 11) is -3.71. The average Bonchev–Trinajstić information content (AvgIpc) is 2.19. The molecule has 5 nitrogen and oxygen atoms in total. The van der Waals surface area contributed by atoms with E-state index < -0.39 is 10.0 Å². The first-order valence-electron chi connectivity index (χ1n) is 4.41. The highest BCUT2D eigenvalue weighted by molar-refractivity contribution is 7.89. The van der Waals surface area contributed by atoms with Crippen LogP contribution in [0.3, 0.4) is 0 Å². The Kier molecular flexibility index (Phi) is 3.46. The van der Waals surface area contributed by atoms with Crippen molar-refractivity contribution in [2.75, 3.05) is 5.32 Å². The van der Waals surface area contributed by atoms with Crippen molar-refractivity contribution in [3.05, 3.63) is 36.4 Å². The molecule has 0 aliphatic carbocycles. The molecule has 0 aliphatic rings. The van der Waals surface area contributed by atoms with Crippen molar-refractivity contribution in [1.82, 2.24) is 0 Å². The van der Waals surface area contributed by atoms with Gasteiger partial charge in [0.25, 0.3) is 0 Å². The second-order valence-corrected chi connectivity index (χ2v) is 4.78. The predicted molar refractivity (Wildman–Crippen MR) is 61.4 cm³/mol. The molecule has 16 heavy (non-hydrogen) atoms. The highest BCUT2D eigenvalue weighted by atomic mass is 32.2. The van der Waals surface area contributed by atoms with Crippen LogP contribution in [0.5, 0.6) is 0 Å². The molecule has 0 fully saturated rings. The minimum absolute atomic E-state index is 0.0154. The molecule has 0 unspecified atom stereocenters. The van der Waals surface area contributed by atoms with Gasteiger partial charge in [-0.3, -0.25) is 4.79 Å². The monoisotopic (exact) mass is 240 g/mol. The highest BCUT2D eigenvalue weighted by Gasteiger charge is 2.09. The second-order valence-electron chi connectivity index (χ2n) is 3.22. The van der Waals surface area contributed by atoms with E-state index in [1.165, 1.54) is 18.2 Å². The normalized spacial score (nSPS) is 10.9. The molecule has 1 aromatic carbocycles. The largest absolute Gasteiger partial charge is 0.322 e. The number of nitrogens with one attached hydrogen (secondary N) is 1. The van der Waals surface area contributed by atoms with Crippen LogP contribution < -0.4 is 10.5 Å². The minimum atomic E-state index is -3.71. The summed E-state index contributed by atoms with van der Waals surface area (Å²) in [4.78, 5) is 11.1. The van der Waals surface area contributed by atoms with Gasteiger partial charge in [-0.25, -0.2) is 13.6 Å². The van der Waals surface area contributed by atoms with Gasteiger partial charge in [-0.2, -0.15) is 0 Å². The lowest BCUT2D eigenvalue weighted by Gasteiger charge is -2.07. The maximum atomic E-state index is 11.0. The molecule has 6 heteroatoms. The first-order chi connectivity index (χ1) is 7.34. The number of hydrogen-bond donors (Lipinski definition) is 2. The third-order valence-electron chi connectivity index (χ3n) is 1.97. The second kappa shape index (κ2) is 4.46. The van der Waals surface area contributed by atoms with Gasteiger partial charge < -0.3 is 5.32 Å². The Bertz CT molecular complexity index is 535. The van der Waals surface area contributed by atoms with Gasteiger partial charge >= 0.3 is 0 Å². The van der Waals surface area contributed by atoms with Crippen molar-refractivity contribution in [3.63, 3.8) is 0 Å². The fourth-order valence-corrected chi connectivity index (χ4v) is 1.74. The molecule has 0 atom stereocenters. The van der Waals surface area contributed by atoms with E-state index in [1.54, 1.807) is 6.92 Å². The Hall–Kier alpha value is -1.66. The molecule has 0 radical (unpaired) electrons. The van der Waals surface area contributed by atoms with Crippen LogP contribution in [0.1, 0.15) is 5.56 Å². The van der Waals surface area contributed by atoms with Crippen molar-refractivity contribution in [2.24, 2.45) is 5.14 Å². The van der Waals surface area contributed by atoms with Gasteiger partial charge in [-0.1, -0.05) is 6.58 Å². The molecule has 0 saturated carbocycles. The van der Waals surface area contributed by atoms with Crippen LogP contribution in [0, 0.1) is 6.92 Å². The van der Waals surface area contributed by atoms with E-state index in [-0.39, 0.29) is 10.8 Å². The Balaban J connectivity index is 3.10. The molecule has 0 saturated heterocycles. The zero-order valence-electron chi connectivity index (χ0n) is 8.73. The highest BCUT2D eigenvalue weighted by Crippen LogP contribution is 2.18. The topological polar surface area (TPSA) is 89.3 Å². The predicted octanol–water partition coefficient (Wildman–Crippen LogP) is 0.767. The Morgan fingerprint density at radius 1 is 1.50 bits per heavy atom. The van der Waals surface area contributed by atoms with Gasteiger partial charge in [0, 0.05) is 5.69 Å². The standard InChI is InChI=1S/C10H12N2O3S/c1-3-10(13)12-9-5-4-8(6-7(9)2)16(11,14)15/h3-6H,1H2,2H3,(H,12,13)(H2,11,14,15). The first kappa shape index (κ1) is 12.4. The third kappa shape index (κ3) is 2.91. The number of rotatable bonds is 3. The number of hydrogen-bond acceptors (Lipinski definition) is 3. The van der Waals surface area contributed by atoms with Crippen LogP contribution >= 0.6 is 0 Å². The van der Waals surface area contributed by atoms with Crippen molar-refractivity contribution in [3.8, 4) is 0 Å². The number of amides is 1. The van der Waals surface area contributed by atoms with Crippen LogP contribution in [-0.4, -0.2) is 14.3 Å². The fourth-order valence-electron chi connectivity index (χ4n) is 1.14. The van der Waals surface area contributed by atoms with E-state index in [2.05, 4.69) is 11.9 Å². The number of sulfonamides is 1. The number of aryl methyl sites for hydroxylation is 1. The van der Waals surface area contributed by atoms with Crippen LogP contribution in [0.2, 0.25) is 0 Å². The number of carbonyl (C=O) groups excluding carboxylic acids is 1. The van der Waals surface area contributed by atoms with Crippen molar-refractivity contribution < 1.29 is 13.2 Å². The van der Waals surface area contributed by atoms with Crippen LogP contribution in [0.4, 0.5) is 5.69 Å². The Labute approximate surface area is 94.0 Å². The van der Waals surface area contributed by atoms with Crippen molar-refractivity contribution in [2.45, 2.75) is 11.8 Å². The molecular formula is C10H12N2O3S. The molecular weight excluding hydrogens is 228 g/mol. The molecule has 0 heterocycles. The fraction of sp³-hybridized carbons (Fsp3) is 0.100. The van der Waals surface area contributed by atoms with Crippen LogP contribution in [0.15, 0.2) is 35.7 Å². The first-order valence-corrected chi connectivity index (χ1v) is 5.96. The molecule has 1 aromatic rings. The van der Waals surface area contributed by atoms with Gasteiger partial charge in [-0.15, -0.1) is 0 Å². The maximum Gasteiger partial charge on any atom is 0.247 e. The van der Waals surface area contributed by atoms with Crippen LogP contribution in [-0.2, 0) is 14.8 Å². The van der Waals surface area contributed by atoms with E-state index in [4.69, 9.17) is 5.14 Å². The number of benzene rings is 1. The van der Waals surface area contributed by atoms with E-state index in [0.717, 1.165) is 6.08 Å². The Morgan fingerprint density at radius 2 is 2.12 bits per heavy atom. The summed E-state index contributed by atoms with van der Waals surface area (Å²) in [6, 6.07) is 4.21. The molecule has 86 valence electrons. The lowest BCUT2D eigenvalue weighted by atomic mass is 10.2. The third-order valence-corrected chi connectivity index (χ3v) is 2.88. The summed E-state index contributed by atoms with van der Waals surface area (Å²) in [5, 5.41) is 7.52. The number of anilines is 1. The zero-order chi connectivity index (χ0) is 12.3. The molecule has 0 aromatic heterocycles. The summed E-state index contributed by atoms with van der Waals surface area (Å²) in [5.74, 6) is -0.355. The van der Waals surface area contributed by atoms with Gasteiger partial charge in [0.2, 0.25) is 15.9 Å². The molecule has 1 rings (SSSR count). The molecule has 3 N–H and O–H groups in total. The molecule has 0 aliphatic heterocycles. The van der Waals surface area contributed by atoms with E-state index in [9.17, 15) is 13.2 Å².